The van der Waals surface area contributed by atoms with Crippen LogP contribution < -0.4 is 0 Å². The minimum atomic E-state index is 0.520. The Kier molecular flexibility index (Phi) is 5.48. The molecule has 0 spiro atoms. The van der Waals surface area contributed by atoms with Crippen molar-refractivity contribution >= 4 is 11.6 Å². The van der Waals surface area contributed by atoms with E-state index < -0.39 is 0 Å². The highest BCUT2D eigenvalue weighted by Gasteiger charge is 2.25. The summed E-state index contributed by atoms with van der Waals surface area (Å²) in [6.45, 7) is 2.27. The Morgan fingerprint density at radius 1 is 1.28 bits per heavy atom. The number of rotatable bonds is 6. The maximum Gasteiger partial charge on any atom is 0.226 e. The van der Waals surface area contributed by atoms with E-state index in [0.29, 0.717) is 11.8 Å². The van der Waals surface area contributed by atoms with E-state index in [1.807, 2.05) is 0 Å². The van der Waals surface area contributed by atoms with Crippen molar-refractivity contribution in [3.63, 3.8) is 0 Å². The Balaban J connectivity index is 1.83. The molecule has 102 valence electrons. The summed E-state index contributed by atoms with van der Waals surface area (Å²) in [5, 5.41) is 4.13. The fraction of sp³-hybridized carbons (Fsp3) is 0.857. The van der Waals surface area contributed by atoms with Crippen LogP contribution in [0.3, 0.4) is 0 Å². The van der Waals surface area contributed by atoms with Crippen LogP contribution >= 0.6 is 11.6 Å². The number of aromatic nitrogens is 2. The molecule has 0 N–H and O–H groups in total. The molecule has 0 aliphatic heterocycles. The zero-order valence-electron chi connectivity index (χ0n) is 11.2. The van der Waals surface area contributed by atoms with Gasteiger partial charge in [0, 0.05) is 18.2 Å². The van der Waals surface area contributed by atoms with E-state index in [1.165, 1.54) is 38.5 Å². The lowest BCUT2D eigenvalue weighted by molar-refractivity contribution is 0.294. The molecule has 1 aliphatic rings. The summed E-state index contributed by atoms with van der Waals surface area (Å²) in [5.74, 6) is 3.77. The third kappa shape index (κ3) is 3.71. The van der Waals surface area contributed by atoms with Gasteiger partial charge < -0.3 is 4.52 Å². The molecular weight excluding hydrogens is 248 g/mol. The maximum absolute atomic E-state index is 5.66. The Morgan fingerprint density at radius 2 is 2.06 bits per heavy atom. The van der Waals surface area contributed by atoms with Gasteiger partial charge in [0.25, 0.3) is 0 Å². The van der Waals surface area contributed by atoms with Gasteiger partial charge in [-0.1, -0.05) is 24.9 Å². The van der Waals surface area contributed by atoms with E-state index in [4.69, 9.17) is 16.1 Å². The van der Waals surface area contributed by atoms with Crippen LogP contribution in [0.4, 0.5) is 0 Å². The van der Waals surface area contributed by atoms with E-state index in [-0.39, 0.29) is 0 Å². The van der Waals surface area contributed by atoms with Gasteiger partial charge in [-0.2, -0.15) is 4.98 Å². The molecule has 1 heterocycles. The summed E-state index contributed by atoms with van der Waals surface area (Å²) < 4.78 is 5.27. The van der Waals surface area contributed by atoms with Crippen molar-refractivity contribution in [1.82, 2.24) is 10.1 Å². The summed E-state index contributed by atoms with van der Waals surface area (Å²) in [6.07, 6.45) is 9.49. The van der Waals surface area contributed by atoms with Crippen LogP contribution in [-0.4, -0.2) is 16.0 Å². The van der Waals surface area contributed by atoms with Gasteiger partial charge in [-0.25, -0.2) is 0 Å². The van der Waals surface area contributed by atoms with Crippen LogP contribution in [-0.2, 0) is 6.42 Å². The van der Waals surface area contributed by atoms with E-state index in [1.54, 1.807) is 0 Å². The molecule has 3 nitrogen and oxygen atoms in total. The normalized spacial score (nSPS) is 24.3. The second kappa shape index (κ2) is 7.13. The maximum atomic E-state index is 5.66. The molecule has 1 saturated carbocycles. The van der Waals surface area contributed by atoms with Gasteiger partial charge in [-0.3, -0.25) is 0 Å². The number of aryl methyl sites for hydroxylation is 1. The van der Waals surface area contributed by atoms with Crippen molar-refractivity contribution < 1.29 is 4.52 Å². The highest BCUT2D eigenvalue weighted by atomic mass is 35.5. The van der Waals surface area contributed by atoms with Crippen molar-refractivity contribution in [2.24, 2.45) is 5.92 Å². The minimum Gasteiger partial charge on any atom is -0.339 e. The van der Waals surface area contributed by atoms with E-state index >= 15 is 0 Å². The second-order valence-electron chi connectivity index (χ2n) is 5.35. The average Bonchev–Trinajstić information content (AvgIpc) is 2.86. The van der Waals surface area contributed by atoms with Gasteiger partial charge in [0.1, 0.15) is 0 Å². The SMILES string of the molecule is CCCC1CCC(c2noc(CCCCl)n2)CC1. The molecule has 0 saturated heterocycles. The monoisotopic (exact) mass is 270 g/mol. The van der Waals surface area contributed by atoms with Crippen LogP contribution in [0, 0.1) is 5.92 Å². The molecule has 0 bridgehead atoms. The average molecular weight is 271 g/mol. The Labute approximate surface area is 114 Å². The molecule has 4 heteroatoms. The molecule has 2 rings (SSSR count). The first-order valence-corrected chi connectivity index (χ1v) is 7.75. The van der Waals surface area contributed by atoms with E-state index in [0.717, 1.165) is 30.5 Å². The van der Waals surface area contributed by atoms with Crippen molar-refractivity contribution in [3.05, 3.63) is 11.7 Å². The van der Waals surface area contributed by atoms with Crippen LogP contribution in [0.25, 0.3) is 0 Å². The predicted octanol–water partition coefficient (Wildman–Crippen LogP) is 4.31. The minimum absolute atomic E-state index is 0.520. The highest BCUT2D eigenvalue weighted by molar-refractivity contribution is 6.17. The zero-order chi connectivity index (χ0) is 12.8. The molecule has 0 amide bonds. The standard InChI is InChI=1S/C14H23ClN2O/c1-2-4-11-6-8-12(9-7-11)14-16-13(18-17-14)5-3-10-15/h11-12H,2-10H2,1H3. The molecule has 1 aliphatic carbocycles. The molecule has 1 fully saturated rings. The predicted molar refractivity (Wildman–Crippen MR) is 72.9 cm³/mol. The Bertz CT molecular complexity index is 345. The lowest BCUT2D eigenvalue weighted by atomic mass is 9.80. The lowest BCUT2D eigenvalue weighted by Gasteiger charge is -2.26. The van der Waals surface area contributed by atoms with E-state index in [2.05, 4.69) is 17.1 Å². The molecule has 0 unspecified atom stereocenters. The summed E-state index contributed by atoms with van der Waals surface area (Å²) in [7, 11) is 0. The first-order chi connectivity index (χ1) is 8.83. The Hall–Kier alpha value is -0.570. The van der Waals surface area contributed by atoms with Gasteiger partial charge in [0.2, 0.25) is 5.89 Å². The van der Waals surface area contributed by atoms with Crippen molar-refractivity contribution in [3.8, 4) is 0 Å². The molecule has 0 aromatic carbocycles. The molecular formula is C14H23ClN2O. The number of nitrogens with zero attached hydrogens (tertiary/aromatic N) is 2. The molecule has 1 aromatic rings. The van der Waals surface area contributed by atoms with Crippen LogP contribution in [0.15, 0.2) is 4.52 Å². The first-order valence-electron chi connectivity index (χ1n) is 7.22. The van der Waals surface area contributed by atoms with Crippen molar-refractivity contribution in [2.45, 2.75) is 64.2 Å². The molecule has 0 atom stereocenters. The summed E-state index contributed by atoms with van der Waals surface area (Å²) in [4.78, 5) is 4.51. The lowest BCUT2D eigenvalue weighted by Crippen LogP contribution is -2.14. The number of hydrogen-bond acceptors (Lipinski definition) is 3. The van der Waals surface area contributed by atoms with Gasteiger partial charge >= 0.3 is 0 Å². The summed E-state index contributed by atoms with van der Waals surface area (Å²) in [5.41, 5.74) is 0. The van der Waals surface area contributed by atoms with Crippen LogP contribution in [0.1, 0.15) is 69.5 Å². The zero-order valence-corrected chi connectivity index (χ0v) is 12.0. The van der Waals surface area contributed by atoms with Gasteiger partial charge in [0.15, 0.2) is 5.82 Å². The quantitative estimate of drug-likeness (QED) is 0.723. The fourth-order valence-electron chi connectivity index (χ4n) is 2.87. The third-order valence-corrected chi connectivity index (χ3v) is 4.18. The van der Waals surface area contributed by atoms with Crippen molar-refractivity contribution in [2.75, 3.05) is 5.88 Å². The van der Waals surface area contributed by atoms with Crippen LogP contribution in [0.5, 0.6) is 0 Å². The summed E-state index contributed by atoms with van der Waals surface area (Å²) >= 11 is 5.66. The number of halogens is 1. The van der Waals surface area contributed by atoms with Gasteiger partial charge in [-0.15, -0.1) is 11.6 Å². The van der Waals surface area contributed by atoms with Gasteiger partial charge in [-0.05, 0) is 38.0 Å². The highest BCUT2D eigenvalue weighted by Crippen LogP contribution is 2.36. The summed E-state index contributed by atoms with van der Waals surface area (Å²) in [6, 6.07) is 0. The Morgan fingerprint density at radius 3 is 2.72 bits per heavy atom. The molecule has 0 radical (unpaired) electrons. The smallest absolute Gasteiger partial charge is 0.226 e. The fourth-order valence-corrected chi connectivity index (χ4v) is 3.00. The first kappa shape index (κ1) is 13.9. The molecule has 18 heavy (non-hydrogen) atoms. The third-order valence-electron chi connectivity index (χ3n) is 3.92. The number of hydrogen-bond donors (Lipinski definition) is 0. The second-order valence-corrected chi connectivity index (χ2v) is 5.72. The van der Waals surface area contributed by atoms with Gasteiger partial charge in [0.05, 0.1) is 0 Å². The van der Waals surface area contributed by atoms with Crippen LogP contribution in [0.2, 0.25) is 0 Å². The largest absolute Gasteiger partial charge is 0.339 e. The van der Waals surface area contributed by atoms with E-state index in [9.17, 15) is 0 Å². The number of alkyl halides is 1. The van der Waals surface area contributed by atoms with Crippen molar-refractivity contribution in [1.29, 1.82) is 0 Å². The topological polar surface area (TPSA) is 38.9 Å². The molecule has 1 aromatic heterocycles.